The lowest BCUT2D eigenvalue weighted by Gasteiger charge is -2.44. The summed E-state index contributed by atoms with van der Waals surface area (Å²) in [6.45, 7) is 16.7. The molecule has 0 aliphatic rings. The lowest BCUT2D eigenvalue weighted by Crippen LogP contribution is -2.44. The van der Waals surface area contributed by atoms with Crippen LogP contribution in [0.2, 0.25) is 0 Å². The number of ether oxygens (including phenoxy) is 2. The van der Waals surface area contributed by atoms with Crippen LogP contribution in [0, 0.1) is 34.5 Å². The topological polar surface area (TPSA) is 113 Å². The van der Waals surface area contributed by atoms with E-state index in [4.69, 9.17) is 9.47 Å². The molecule has 0 fully saturated rings. The van der Waals surface area contributed by atoms with Crippen molar-refractivity contribution in [3.05, 3.63) is 48.5 Å². The molecule has 2 rings (SSSR count). The highest BCUT2D eigenvalue weighted by Crippen LogP contribution is 2.48. The van der Waals surface area contributed by atoms with Gasteiger partial charge < -0.3 is 24.6 Å². The zero-order valence-electron chi connectivity index (χ0n) is 25.3. The maximum Gasteiger partial charge on any atom is 0.488 e. The number of carbonyl (C=O) groups is 2. The highest BCUT2D eigenvalue weighted by molar-refractivity contribution is 6.58. The Kier molecular flexibility index (Phi) is 11.8. The number of hydrogen-bond acceptors (Lipinski definition) is 7. The van der Waals surface area contributed by atoms with Crippen LogP contribution in [-0.2, 0) is 9.59 Å². The summed E-state index contributed by atoms with van der Waals surface area (Å²) in [4.78, 5) is 27.1. The van der Waals surface area contributed by atoms with Gasteiger partial charge >= 0.3 is 19.1 Å². The largest absolute Gasteiger partial charge is 0.508 e. The van der Waals surface area contributed by atoms with Gasteiger partial charge in [-0.1, -0.05) is 73.9 Å². The van der Waals surface area contributed by atoms with E-state index in [1.165, 1.54) is 24.3 Å². The molecular weight excluding hydrogens is 507 g/mol. The summed E-state index contributed by atoms with van der Waals surface area (Å²) in [6, 6.07) is 12.3. The van der Waals surface area contributed by atoms with Crippen molar-refractivity contribution in [2.45, 2.75) is 81.1 Å². The zero-order valence-corrected chi connectivity index (χ0v) is 25.3. The van der Waals surface area contributed by atoms with E-state index >= 15 is 0 Å². The van der Waals surface area contributed by atoms with Gasteiger partial charge in [0.2, 0.25) is 0 Å². The first-order valence-electron chi connectivity index (χ1n) is 14.3. The van der Waals surface area contributed by atoms with E-state index in [-0.39, 0.29) is 34.9 Å². The highest BCUT2D eigenvalue weighted by atomic mass is 16.5. The summed E-state index contributed by atoms with van der Waals surface area (Å²) >= 11 is 0. The number of phenols is 1. The summed E-state index contributed by atoms with van der Waals surface area (Å²) in [5.74, 6) is -0.674. The summed E-state index contributed by atoms with van der Waals surface area (Å²) in [5, 5.41) is 28.3. The summed E-state index contributed by atoms with van der Waals surface area (Å²) in [5.41, 5.74) is -0.250. The molecule has 3 N–H and O–H groups in total. The predicted octanol–water partition coefficient (Wildman–Crippen LogP) is 5.74. The fraction of sp³-hybridized carbons (Fsp3) is 0.562. The molecule has 4 unspecified atom stereocenters. The van der Waals surface area contributed by atoms with Crippen LogP contribution in [0.5, 0.6) is 17.2 Å². The van der Waals surface area contributed by atoms with Crippen molar-refractivity contribution in [3.63, 3.8) is 0 Å². The van der Waals surface area contributed by atoms with E-state index in [2.05, 4.69) is 41.5 Å². The molecule has 0 aliphatic carbocycles. The molecule has 0 aromatic heterocycles. The van der Waals surface area contributed by atoms with Crippen LogP contribution < -0.4 is 14.9 Å². The van der Waals surface area contributed by atoms with Crippen LogP contribution in [0.1, 0.15) is 81.1 Å². The third-order valence-corrected chi connectivity index (χ3v) is 8.85. The molecule has 0 aliphatic heterocycles. The van der Waals surface area contributed by atoms with Gasteiger partial charge in [0, 0.05) is 0 Å². The standard InChI is InChI=1S/C32H47BO7/c1-9-31(6,7)20-28(30(36)40-26-17-13-24(34)14-18-26)32(8,10-2)22(5)19-27(21(3)4)29(35)39-25-15-11-23(12-16-25)33(37)38/h11-18,21-22,27-28,34,37-38H,9-10,19-20H2,1-8H3. The Bertz CT molecular complexity index is 1100. The number of esters is 2. The van der Waals surface area contributed by atoms with Gasteiger partial charge in [0.1, 0.15) is 17.2 Å². The molecule has 0 saturated carbocycles. The fourth-order valence-electron chi connectivity index (χ4n) is 5.11. The van der Waals surface area contributed by atoms with Crippen molar-refractivity contribution in [1.29, 1.82) is 0 Å². The Labute approximate surface area is 240 Å². The van der Waals surface area contributed by atoms with E-state index in [0.29, 0.717) is 36.2 Å². The molecule has 220 valence electrons. The van der Waals surface area contributed by atoms with Gasteiger partial charge in [-0.05, 0) is 83.8 Å². The Morgan fingerprint density at radius 1 is 0.825 bits per heavy atom. The first kappa shape index (κ1) is 33.4. The molecule has 2 aromatic carbocycles. The van der Waals surface area contributed by atoms with Crippen molar-refractivity contribution in [2.75, 3.05) is 0 Å². The summed E-state index contributed by atoms with van der Waals surface area (Å²) in [6.07, 6.45) is 2.78. The van der Waals surface area contributed by atoms with E-state index < -0.39 is 24.4 Å². The number of benzene rings is 2. The number of rotatable bonds is 14. The maximum atomic E-state index is 13.8. The van der Waals surface area contributed by atoms with Crippen LogP contribution in [0.15, 0.2) is 48.5 Å². The first-order chi connectivity index (χ1) is 18.6. The van der Waals surface area contributed by atoms with Crippen molar-refractivity contribution >= 4 is 24.5 Å². The van der Waals surface area contributed by atoms with E-state index in [1.807, 2.05) is 13.8 Å². The van der Waals surface area contributed by atoms with Gasteiger partial charge in [0.25, 0.3) is 0 Å². The van der Waals surface area contributed by atoms with Gasteiger partial charge in [0.05, 0.1) is 11.8 Å². The van der Waals surface area contributed by atoms with Crippen molar-refractivity contribution < 1.29 is 34.2 Å². The van der Waals surface area contributed by atoms with Crippen LogP contribution in [0.3, 0.4) is 0 Å². The molecular formula is C32H47BO7. The van der Waals surface area contributed by atoms with Crippen LogP contribution in [0.25, 0.3) is 0 Å². The van der Waals surface area contributed by atoms with Crippen molar-refractivity contribution in [3.8, 4) is 17.2 Å². The molecule has 2 aromatic rings. The normalized spacial score (nSPS) is 15.6. The minimum absolute atomic E-state index is 0.00377. The molecule has 40 heavy (non-hydrogen) atoms. The van der Waals surface area contributed by atoms with Gasteiger partial charge in [-0.15, -0.1) is 0 Å². The highest BCUT2D eigenvalue weighted by Gasteiger charge is 2.46. The minimum Gasteiger partial charge on any atom is -0.508 e. The van der Waals surface area contributed by atoms with Gasteiger partial charge in [-0.2, -0.15) is 0 Å². The number of hydrogen-bond donors (Lipinski definition) is 3. The van der Waals surface area contributed by atoms with E-state index in [0.717, 1.165) is 6.42 Å². The predicted molar refractivity (Wildman–Crippen MR) is 158 cm³/mol. The fourth-order valence-corrected chi connectivity index (χ4v) is 5.11. The average Bonchev–Trinajstić information content (AvgIpc) is 2.91. The third kappa shape index (κ3) is 8.83. The Hall–Kier alpha value is -2.84. The Balaban J connectivity index is 2.32. The number of phenolic OH excluding ortho intramolecular Hbond substituents is 1. The second-order valence-corrected chi connectivity index (χ2v) is 12.4. The van der Waals surface area contributed by atoms with E-state index in [9.17, 15) is 24.7 Å². The number of carbonyl (C=O) groups excluding carboxylic acids is 2. The molecule has 0 heterocycles. The zero-order chi connectivity index (χ0) is 30.3. The molecule has 0 radical (unpaired) electrons. The van der Waals surface area contributed by atoms with Crippen molar-refractivity contribution in [2.24, 2.45) is 34.5 Å². The first-order valence-corrected chi connectivity index (χ1v) is 14.3. The SMILES string of the molecule is CCC(C)(C)CC(C(=O)Oc1ccc(O)cc1)C(C)(CC)C(C)CC(C(=O)Oc1ccc(B(O)O)cc1)C(C)C. The molecule has 7 nitrogen and oxygen atoms in total. The van der Waals surface area contributed by atoms with Crippen molar-refractivity contribution in [1.82, 2.24) is 0 Å². The van der Waals surface area contributed by atoms with Gasteiger partial charge in [-0.3, -0.25) is 9.59 Å². The molecule has 0 spiro atoms. The van der Waals surface area contributed by atoms with Gasteiger partial charge in [-0.25, -0.2) is 0 Å². The third-order valence-electron chi connectivity index (χ3n) is 8.85. The Morgan fingerprint density at radius 3 is 1.77 bits per heavy atom. The maximum absolute atomic E-state index is 13.8. The second-order valence-electron chi connectivity index (χ2n) is 12.4. The summed E-state index contributed by atoms with van der Waals surface area (Å²) < 4.78 is 11.5. The quantitative estimate of drug-likeness (QED) is 0.155. The molecule has 4 atom stereocenters. The average molecular weight is 555 g/mol. The number of aromatic hydroxyl groups is 1. The van der Waals surface area contributed by atoms with Crippen LogP contribution in [-0.4, -0.2) is 34.2 Å². The Morgan fingerprint density at radius 2 is 1.32 bits per heavy atom. The molecule has 0 amide bonds. The van der Waals surface area contributed by atoms with E-state index in [1.54, 1.807) is 24.3 Å². The minimum atomic E-state index is -1.59. The smallest absolute Gasteiger partial charge is 0.488 e. The molecule has 0 bridgehead atoms. The molecule has 8 heteroatoms. The van der Waals surface area contributed by atoms with Gasteiger partial charge in [0.15, 0.2) is 0 Å². The second kappa shape index (κ2) is 14.2. The van der Waals surface area contributed by atoms with Crippen LogP contribution in [0.4, 0.5) is 0 Å². The summed E-state index contributed by atoms with van der Waals surface area (Å²) in [7, 11) is -1.59. The van der Waals surface area contributed by atoms with Crippen LogP contribution >= 0.6 is 0 Å². The molecule has 0 saturated heterocycles. The lowest BCUT2D eigenvalue weighted by molar-refractivity contribution is -0.148. The monoisotopic (exact) mass is 554 g/mol. The lowest BCUT2D eigenvalue weighted by atomic mass is 9.60.